The molecule has 0 fully saturated rings. The average Bonchev–Trinajstić information content (AvgIpc) is 3.06. The summed E-state index contributed by atoms with van der Waals surface area (Å²) in [6, 6.07) is 8.94. The second-order valence-corrected chi connectivity index (χ2v) is 5.06. The molecule has 0 aliphatic carbocycles. The molecule has 7 heteroatoms. The van der Waals surface area contributed by atoms with E-state index in [-0.39, 0.29) is 12.5 Å². The normalized spacial score (nSPS) is 10.1. The van der Waals surface area contributed by atoms with Crippen molar-refractivity contribution in [3.05, 3.63) is 48.3 Å². The lowest BCUT2D eigenvalue weighted by Gasteiger charge is -2.09. The van der Waals surface area contributed by atoms with E-state index in [0.29, 0.717) is 18.8 Å². The van der Waals surface area contributed by atoms with Crippen LogP contribution >= 0.6 is 0 Å². The number of amides is 3. The third-order valence-electron chi connectivity index (χ3n) is 3.10. The molecule has 0 spiro atoms. The van der Waals surface area contributed by atoms with Crippen LogP contribution < -0.4 is 16.0 Å². The Hall–Kier alpha value is -2.83. The van der Waals surface area contributed by atoms with Crippen molar-refractivity contribution < 1.29 is 9.59 Å². The zero-order chi connectivity index (χ0) is 16.5. The monoisotopic (exact) mass is 315 g/mol. The van der Waals surface area contributed by atoms with Gasteiger partial charge in [-0.1, -0.05) is 19.1 Å². The molecule has 0 aliphatic heterocycles. The van der Waals surface area contributed by atoms with Gasteiger partial charge >= 0.3 is 6.03 Å². The maximum absolute atomic E-state index is 11.7. The number of carbonyl (C=O) groups excluding carboxylic acids is 2. The first-order valence-electron chi connectivity index (χ1n) is 7.55. The highest BCUT2D eigenvalue weighted by Crippen LogP contribution is 2.10. The van der Waals surface area contributed by atoms with Crippen LogP contribution in [0.3, 0.4) is 0 Å². The summed E-state index contributed by atoms with van der Waals surface area (Å²) in [6.45, 7) is 3.22. The summed E-state index contributed by atoms with van der Waals surface area (Å²) in [7, 11) is 0. The van der Waals surface area contributed by atoms with Gasteiger partial charge in [-0.2, -0.15) is 5.10 Å². The fourth-order valence-corrected chi connectivity index (χ4v) is 1.94. The highest BCUT2D eigenvalue weighted by Gasteiger charge is 2.05. The van der Waals surface area contributed by atoms with Crippen LogP contribution in [0.15, 0.2) is 42.7 Å². The fraction of sp³-hybridized carbons (Fsp3) is 0.312. The third kappa shape index (κ3) is 5.82. The zero-order valence-electron chi connectivity index (χ0n) is 13.1. The van der Waals surface area contributed by atoms with E-state index < -0.39 is 6.03 Å². The Balaban J connectivity index is 1.76. The standard InChI is InChI=1S/C16H21N5O2/c1-2-8-17-15(22)11-18-16(23)20-14-6-4-13(5-7-14)12-21-10-3-9-19-21/h3-7,9-10H,2,8,11-12H2,1H3,(H,17,22)(H2,18,20,23). The van der Waals surface area contributed by atoms with Crippen LogP contribution in [0.4, 0.5) is 10.5 Å². The Bertz CT molecular complexity index is 622. The molecule has 1 aromatic carbocycles. The lowest BCUT2D eigenvalue weighted by atomic mass is 10.2. The molecule has 3 N–H and O–H groups in total. The fourth-order valence-electron chi connectivity index (χ4n) is 1.94. The number of rotatable bonds is 7. The van der Waals surface area contributed by atoms with Gasteiger partial charge in [0.25, 0.3) is 0 Å². The molecular formula is C16H21N5O2. The minimum absolute atomic E-state index is 0.0385. The van der Waals surface area contributed by atoms with E-state index in [2.05, 4.69) is 21.0 Å². The van der Waals surface area contributed by atoms with Crippen molar-refractivity contribution in [2.24, 2.45) is 0 Å². The number of hydrogen-bond donors (Lipinski definition) is 3. The second kappa shape index (κ2) is 8.57. The summed E-state index contributed by atoms with van der Waals surface area (Å²) in [5.74, 6) is -0.198. The lowest BCUT2D eigenvalue weighted by molar-refractivity contribution is -0.120. The van der Waals surface area contributed by atoms with E-state index in [1.807, 2.05) is 48.1 Å². The van der Waals surface area contributed by atoms with Crippen molar-refractivity contribution in [2.75, 3.05) is 18.4 Å². The SMILES string of the molecule is CCCNC(=O)CNC(=O)Nc1ccc(Cn2cccn2)cc1. The number of nitrogens with zero attached hydrogens (tertiary/aromatic N) is 2. The Morgan fingerprint density at radius 1 is 1.17 bits per heavy atom. The topological polar surface area (TPSA) is 88.0 Å². The van der Waals surface area contributed by atoms with E-state index in [4.69, 9.17) is 0 Å². The summed E-state index contributed by atoms with van der Waals surface area (Å²) in [6.07, 6.45) is 4.49. The number of benzene rings is 1. The van der Waals surface area contributed by atoms with Crippen molar-refractivity contribution >= 4 is 17.6 Å². The lowest BCUT2D eigenvalue weighted by Crippen LogP contribution is -2.39. The molecule has 0 unspecified atom stereocenters. The summed E-state index contributed by atoms with van der Waals surface area (Å²) in [5.41, 5.74) is 1.75. The van der Waals surface area contributed by atoms with E-state index in [1.54, 1.807) is 6.20 Å². The van der Waals surface area contributed by atoms with Crippen molar-refractivity contribution in [2.45, 2.75) is 19.9 Å². The second-order valence-electron chi connectivity index (χ2n) is 5.06. The number of carbonyl (C=O) groups is 2. The van der Waals surface area contributed by atoms with Crippen LogP contribution in [0.1, 0.15) is 18.9 Å². The smallest absolute Gasteiger partial charge is 0.319 e. The highest BCUT2D eigenvalue weighted by molar-refractivity contribution is 5.92. The molecule has 3 amide bonds. The molecule has 0 saturated heterocycles. The van der Waals surface area contributed by atoms with Gasteiger partial charge in [-0.15, -0.1) is 0 Å². The Kier molecular flexibility index (Phi) is 6.17. The molecule has 0 radical (unpaired) electrons. The van der Waals surface area contributed by atoms with E-state index in [0.717, 1.165) is 12.0 Å². The van der Waals surface area contributed by atoms with Crippen molar-refractivity contribution in [1.82, 2.24) is 20.4 Å². The molecule has 23 heavy (non-hydrogen) atoms. The van der Waals surface area contributed by atoms with Gasteiger partial charge in [0.1, 0.15) is 0 Å². The molecule has 0 bridgehead atoms. The number of aromatic nitrogens is 2. The van der Waals surface area contributed by atoms with Gasteiger partial charge in [0.2, 0.25) is 5.91 Å². The molecule has 2 aromatic rings. The van der Waals surface area contributed by atoms with Gasteiger partial charge in [-0.25, -0.2) is 4.79 Å². The number of urea groups is 1. The van der Waals surface area contributed by atoms with Gasteiger partial charge in [0, 0.05) is 24.6 Å². The molecule has 0 saturated carbocycles. The first-order valence-corrected chi connectivity index (χ1v) is 7.55. The Morgan fingerprint density at radius 3 is 2.61 bits per heavy atom. The van der Waals surface area contributed by atoms with E-state index in [1.165, 1.54) is 0 Å². The quantitative estimate of drug-likeness (QED) is 0.725. The van der Waals surface area contributed by atoms with Crippen molar-refractivity contribution in [1.29, 1.82) is 0 Å². The minimum Gasteiger partial charge on any atom is -0.355 e. The van der Waals surface area contributed by atoms with Crippen LogP contribution in [0.2, 0.25) is 0 Å². The number of hydrogen-bond acceptors (Lipinski definition) is 3. The van der Waals surface area contributed by atoms with Crippen molar-refractivity contribution in [3.63, 3.8) is 0 Å². The van der Waals surface area contributed by atoms with Crippen LogP contribution in [0.5, 0.6) is 0 Å². The maximum atomic E-state index is 11.7. The predicted molar refractivity (Wildman–Crippen MR) is 88.1 cm³/mol. The van der Waals surface area contributed by atoms with Gasteiger partial charge in [-0.05, 0) is 30.2 Å². The average molecular weight is 315 g/mol. The Morgan fingerprint density at radius 2 is 1.96 bits per heavy atom. The number of anilines is 1. The predicted octanol–water partition coefficient (Wildman–Crippen LogP) is 1.58. The maximum Gasteiger partial charge on any atom is 0.319 e. The van der Waals surface area contributed by atoms with Gasteiger partial charge in [0.15, 0.2) is 0 Å². The van der Waals surface area contributed by atoms with Crippen molar-refractivity contribution in [3.8, 4) is 0 Å². The third-order valence-corrected chi connectivity index (χ3v) is 3.10. The van der Waals surface area contributed by atoms with Gasteiger partial charge < -0.3 is 16.0 Å². The van der Waals surface area contributed by atoms with E-state index in [9.17, 15) is 9.59 Å². The molecule has 122 valence electrons. The first-order chi connectivity index (χ1) is 11.2. The molecule has 0 atom stereocenters. The summed E-state index contributed by atoms with van der Waals surface area (Å²) in [4.78, 5) is 23.1. The summed E-state index contributed by atoms with van der Waals surface area (Å²) in [5, 5.41) is 12.0. The molecule has 1 aromatic heterocycles. The zero-order valence-corrected chi connectivity index (χ0v) is 13.1. The molecular weight excluding hydrogens is 294 g/mol. The van der Waals surface area contributed by atoms with Crippen LogP contribution in [0, 0.1) is 0 Å². The first kappa shape index (κ1) is 16.5. The Labute approximate surface area is 135 Å². The molecule has 0 aliphatic rings. The summed E-state index contributed by atoms with van der Waals surface area (Å²) >= 11 is 0. The van der Waals surface area contributed by atoms with Crippen LogP contribution in [-0.4, -0.2) is 34.8 Å². The minimum atomic E-state index is -0.406. The highest BCUT2D eigenvalue weighted by atomic mass is 16.2. The van der Waals surface area contributed by atoms with Crippen LogP contribution in [-0.2, 0) is 11.3 Å². The summed E-state index contributed by atoms with van der Waals surface area (Å²) < 4.78 is 1.82. The molecule has 2 rings (SSSR count). The van der Waals surface area contributed by atoms with E-state index >= 15 is 0 Å². The largest absolute Gasteiger partial charge is 0.355 e. The van der Waals surface area contributed by atoms with Gasteiger partial charge in [0.05, 0.1) is 13.1 Å². The van der Waals surface area contributed by atoms with Crippen LogP contribution in [0.25, 0.3) is 0 Å². The molecule has 7 nitrogen and oxygen atoms in total. The number of nitrogens with one attached hydrogen (secondary N) is 3. The molecule has 1 heterocycles. The van der Waals surface area contributed by atoms with Gasteiger partial charge in [-0.3, -0.25) is 9.48 Å².